The van der Waals surface area contributed by atoms with Gasteiger partial charge in [-0.2, -0.15) is 0 Å². The van der Waals surface area contributed by atoms with Gasteiger partial charge in [0.2, 0.25) is 11.3 Å². The number of thiocarbonyl (C=S) groups is 1. The van der Waals surface area contributed by atoms with E-state index in [4.69, 9.17) is 12.2 Å². The Morgan fingerprint density at radius 1 is 1.62 bits per heavy atom. The quantitative estimate of drug-likeness (QED) is 0.362. The Hall–Kier alpha value is -1.14. The van der Waals surface area contributed by atoms with Gasteiger partial charge < -0.3 is 10.4 Å². The molecule has 0 saturated carbocycles. The van der Waals surface area contributed by atoms with Gasteiger partial charge in [-0.05, 0) is 37.3 Å². The molecule has 1 rings (SSSR count). The number of phenolic OH excluding ortho intramolecular Hbond substituents is 1. The van der Waals surface area contributed by atoms with E-state index in [9.17, 15) is 5.11 Å². The highest BCUT2D eigenvalue weighted by molar-refractivity contribution is 9.10. The van der Waals surface area contributed by atoms with Crippen molar-refractivity contribution in [2.75, 3.05) is 6.54 Å². The molecule has 1 aromatic carbocycles. The van der Waals surface area contributed by atoms with Crippen molar-refractivity contribution in [3.8, 4) is 5.75 Å². The molecule has 86 valence electrons. The summed E-state index contributed by atoms with van der Waals surface area (Å²) in [6.45, 7) is 2.72. The average Bonchev–Trinajstić information content (AvgIpc) is 2.23. The highest BCUT2D eigenvalue weighted by atomic mass is 79.9. The van der Waals surface area contributed by atoms with Crippen molar-refractivity contribution < 1.29 is 10.2 Å². The zero-order valence-electron chi connectivity index (χ0n) is 8.75. The molecule has 0 spiro atoms. The first kappa shape index (κ1) is 12.9. The summed E-state index contributed by atoms with van der Waals surface area (Å²) in [6.07, 6.45) is 1.63. The fraction of sp³-hybridized carbons (Fsp3) is 0.200. The number of hydrogen-bond donors (Lipinski definition) is 4. The molecule has 0 atom stereocenters. The van der Waals surface area contributed by atoms with E-state index in [1.165, 1.54) is 0 Å². The van der Waals surface area contributed by atoms with Gasteiger partial charge in [0.15, 0.2) is 0 Å². The van der Waals surface area contributed by atoms with Crippen molar-refractivity contribution in [2.24, 2.45) is 0 Å². The van der Waals surface area contributed by atoms with Crippen LogP contribution in [0.1, 0.15) is 12.5 Å². The third-order valence-corrected chi connectivity index (χ3v) is 2.48. The van der Waals surface area contributed by atoms with Crippen LogP contribution in [0.25, 0.3) is 0 Å². The fourth-order valence-corrected chi connectivity index (χ4v) is 1.61. The SMILES string of the molecule is CCNC(=S)N[NH+]=Cc1cc(Br)ccc1O. The molecule has 1 aromatic rings. The lowest BCUT2D eigenvalue weighted by Crippen LogP contribution is -2.82. The molecule has 0 fully saturated rings. The molecule has 0 saturated heterocycles. The minimum atomic E-state index is 0.201. The second-order valence-electron chi connectivity index (χ2n) is 2.98. The summed E-state index contributed by atoms with van der Waals surface area (Å²) in [5.74, 6) is 0.201. The van der Waals surface area contributed by atoms with Gasteiger partial charge in [0.05, 0.1) is 5.56 Å². The van der Waals surface area contributed by atoms with E-state index in [2.05, 4.69) is 31.8 Å². The molecular formula is C10H13BrN3OS+. The number of hydrogen-bond acceptors (Lipinski definition) is 2. The van der Waals surface area contributed by atoms with E-state index < -0.39 is 0 Å². The number of halogens is 1. The Balaban J connectivity index is 2.62. The summed E-state index contributed by atoms with van der Waals surface area (Å²) in [5.41, 5.74) is 3.43. The van der Waals surface area contributed by atoms with Crippen LogP contribution in [0.5, 0.6) is 5.75 Å². The summed E-state index contributed by atoms with van der Waals surface area (Å²) >= 11 is 8.28. The van der Waals surface area contributed by atoms with Crippen molar-refractivity contribution in [2.45, 2.75) is 6.92 Å². The summed E-state index contributed by atoms with van der Waals surface area (Å²) in [4.78, 5) is 0. The van der Waals surface area contributed by atoms with E-state index in [0.29, 0.717) is 10.7 Å². The third kappa shape index (κ3) is 4.16. The van der Waals surface area contributed by atoms with Crippen LogP contribution in [-0.2, 0) is 0 Å². The minimum absolute atomic E-state index is 0.201. The Kier molecular flexibility index (Phi) is 5.21. The zero-order chi connectivity index (χ0) is 12.0. The summed E-state index contributed by atoms with van der Waals surface area (Å²) in [5, 5.41) is 15.8. The van der Waals surface area contributed by atoms with Crippen molar-refractivity contribution in [3.05, 3.63) is 28.2 Å². The predicted molar refractivity (Wildman–Crippen MR) is 71.3 cm³/mol. The maximum Gasteiger partial charge on any atom is 0.223 e. The van der Waals surface area contributed by atoms with Crippen LogP contribution in [0.3, 0.4) is 0 Å². The first-order valence-corrected chi connectivity index (χ1v) is 5.94. The molecule has 0 bridgehead atoms. The minimum Gasteiger partial charge on any atom is -0.507 e. The van der Waals surface area contributed by atoms with Crippen LogP contribution in [0.15, 0.2) is 22.7 Å². The number of rotatable bonds is 3. The van der Waals surface area contributed by atoms with Crippen molar-refractivity contribution in [3.63, 3.8) is 0 Å². The van der Waals surface area contributed by atoms with Gasteiger partial charge in [-0.3, -0.25) is 0 Å². The standard InChI is InChI=1S/C10H12BrN3OS/c1-2-12-10(16)14-13-6-7-5-8(11)3-4-9(7)15/h3-6,15H,2H2,1H3,(H2,12,14,16)/p+1. The highest BCUT2D eigenvalue weighted by Gasteiger charge is 2.01. The molecule has 0 radical (unpaired) electrons. The first-order chi connectivity index (χ1) is 7.63. The van der Waals surface area contributed by atoms with Crippen LogP contribution >= 0.6 is 28.1 Å². The third-order valence-electron chi connectivity index (χ3n) is 1.74. The van der Waals surface area contributed by atoms with E-state index in [-0.39, 0.29) is 5.75 Å². The largest absolute Gasteiger partial charge is 0.507 e. The van der Waals surface area contributed by atoms with Crippen molar-refractivity contribution in [1.82, 2.24) is 10.7 Å². The van der Waals surface area contributed by atoms with Gasteiger partial charge >= 0.3 is 0 Å². The molecule has 0 unspecified atom stereocenters. The second-order valence-corrected chi connectivity index (χ2v) is 4.30. The van der Waals surface area contributed by atoms with E-state index in [1.807, 2.05) is 6.92 Å². The number of aromatic hydroxyl groups is 1. The average molecular weight is 303 g/mol. The molecule has 0 amide bonds. The smallest absolute Gasteiger partial charge is 0.223 e. The summed E-state index contributed by atoms with van der Waals surface area (Å²) in [7, 11) is 0. The molecule has 0 aliphatic carbocycles. The molecule has 0 heterocycles. The van der Waals surface area contributed by atoms with Gasteiger partial charge in [-0.25, -0.2) is 0 Å². The molecule has 16 heavy (non-hydrogen) atoms. The predicted octanol–water partition coefficient (Wildman–Crippen LogP) is 0.0532. The van der Waals surface area contributed by atoms with E-state index >= 15 is 0 Å². The van der Waals surface area contributed by atoms with Crippen LogP contribution in [0.4, 0.5) is 0 Å². The first-order valence-electron chi connectivity index (χ1n) is 4.74. The van der Waals surface area contributed by atoms with Crippen molar-refractivity contribution >= 4 is 39.5 Å². The van der Waals surface area contributed by atoms with Gasteiger partial charge in [-0.1, -0.05) is 15.9 Å². The number of hydrazine groups is 1. The van der Waals surface area contributed by atoms with Gasteiger partial charge in [-0.15, -0.1) is 10.5 Å². The van der Waals surface area contributed by atoms with Gasteiger partial charge in [0.25, 0.3) is 0 Å². The lowest BCUT2D eigenvalue weighted by atomic mass is 10.2. The molecule has 0 aliphatic heterocycles. The van der Waals surface area contributed by atoms with E-state index in [1.54, 1.807) is 24.4 Å². The Bertz CT molecular complexity index is 409. The topological polar surface area (TPSA) is 58.3 Å². The fourth-order valence-electron chi connectivity index (χ4n) is 1.03. The highest BCUT2D eigenvalue weighted by Crippen LogP contribution is 2.19. The summed E-state index contributed by atoms with van der Waals surface area (Å²) in [6, 6.07) is 5.17. The molecule has 6 heteroatoms. The van der Waals surface area contributed by atoms with Crippen molar-refractivity contribution in [1.29, 1.82) is 0 Å². The zero-order valence-corrected chi connectivity index (χ0v) is 11.2. The normalized spacial score (nSPS) is 10.4. The lowest BCUT2D eigenvalue weighted by molar-refractivity contribution is -0.500. The van der Waals surface area contributed by atoms with Gasteiger partial charge in [0.1, 0.15) is 5.75 Å². The number of phenols is 1. The van der Waals surface area contributed by atoms with Crippen LogP contribution < -0.4 is 15.8 Å². The second kappa shape index (κ2) is 6.44. The number of benzene rings is 1. The number of hydrazone groups is 1. The maximum atomic E-state index is 9.54. The Morgan fingerprint density at radius 3 is 3.06 bits per heavy atom. The molecular weight excluding hydrogens is 290 g/mol. The maximum absolute atomic E-state index is 9.54. The van der Waals surface area contributed by atoms with Crippen LogP contribution in [0, 0.1) is 0 Å². The van der Waals surface area contributed by atoms with Gasteiger partial charge in [0, 0.05) is 11.0 Å². The van der Waals surface area contributed by atoms with Crippen LogP contribution in [-0.4, -0.2) is 23.0 Å². The van der Waals surface area contributed by atoms with E-state index in [0.717, 1.165) is 11.0 Å². The Morgan fingerprint density at radius 2 is 2.38 bits per heavy atom. The monoisotopic (exact) mass is 302 g/mol. The molecule has 0 aliphatic rings. The Labute approximate surface area is 108 Å². The molecule has 4 N–H and O–H groups in total. The van der Waals surface area contributed by atoms with Crippen LogP contribution in [0.2, 0.25) is 0 Å². The summed E-state index contributed by atoms with van der Waals surface area (Å²) < 4.78 is 0.896. The molecule has 4 nitrogen and oxygen atoms in total. The lowest BCUT2D eigenvalue weighted by Gasteiger charge is -1.99. The molecule has 0 aromatic heterocycles. The number of nitrogens with one attached hydrogen (secondary N) is 3.